The number of rotatable bonds is 7. The second kappa shape index (κ2) is 9.07. The molecular weight excluding hydrogens is 475 g/mol. The molecule has 1 aliphatic rings. The zero-order chi connectivity index (χ0) is 24.6. The molecule has 0 saturated carbocycles. The van der Waals surface area contributed by atoms with Crippen LogP contribution in [0, 0.1) is 5.82 Å². The first-order chi connectivity index (χ1) is 16.1. The topological polar surface area (TPSA) is 97.1 Å². The highest BCUT2D eigenvalue weighted by molar-refractivity contribution is 7.88. The lowest BCUT2D eigenvalue weighted by atomic mass is 9.88. The quantitative estimate of drug-likeness (QED) is 0.523. The summed E-state index contributed by atoms with van der Waals surface area (Å²) in [6.07, 6.45) is -0.812. The SMILES string of the molecule is COc1ccc(C2Oc3ccc(F)c(OC(F)F)c3-c3ccc(CS(N)(=O)=O)cc32)cc1OC. The molecule has 0 fully saturated rings. The van der Waals surface area contributed by atoms with Gasteiger partial charge >= 0.3 is 6.61 Å². The fourth-order valence-corrected chi connectivity index (χ4v) is 4.57. The fourth-order valence-electron chi connectivity index (χ4n) is 3.93. The van der Waals surface area contributed by atoms with Gasteiger partial charge in [-0.05, 0) is 35.4 Å². The lowest BCUT2D eigenvalue weighted by Gasteiger charge is -2.31. The van der Waals surface area contributed by atoms with Gasteiger partial charge in [0, 0.05) is 11.1 Å². The third kappa shape index (κ3) is 4.62. The van der Waals surface area contributed by atoms with Crippen LogP contribution in [0.5, 0.6) is 23.0 Å². The molecule has 11 heteroatoms. The molecule has 0 saturated heterocycles. The summed E-state index contributed by atoms with van der Waals surface area (Å²) < 4.78 is 85.1. The standard InChI is InChI=1S/C23H20F3NO6S/c1-30-17-7-4-13(10-19(17)31-2)21-15-9-12(11-34(27,28)29)3-5-14(15)20-18(32-21)8-6-16(24)22(20)33-23(25)26/h3-10,21,23H,11H2,1-2H3,(H2,27,28,29). The number of ether oxygens (including phenoxy) is 4. The van der Waals surface area contributed by atoms with E-state index in [0.717, 1.165) is 6.07 Å². The van der Waals surface area contributed by atoms with Gasteiger partial charge in [0.2, 0.25) is 10.0 Å². The van der Waals surface area contributed by atoms with E-state index in [1.54, 1.807) is 18.2 Å². The maximum absolute atomic E-state index is 14.5. The highest BCUT2D eigenvalue weighted by Crippen LogP contribution is 2.51. The Morgan fingerprint density at radius 1 is 1.03 bits per heavy atom. The monoisotopic (exact) mass is 495 g/mol. The zero-order valence-corrected chi connectivity index (χ0v) is 18.9. The summed E-state index contributed by atoms with van der Waals surface area (Å²) in [7, 11) is -0.907. The number of halogens is 3. The third-order valence-corrected chi connectivity index (χ3v) is 6.00. The van der Waals surface area contributed by atoms with Crippen molar-refractivity contribution in [2.45, 2.75) is 18.5 Å². The third-order valence-electron chi connectivity index (χ3n) is 5.27. The Bertz CT molecular complexity index is 1350. The number of benzene rings is 3. The van der Waals surface area contributed by atoms with E-state index in [2.05, 4.69) is 4.74 Å². The lowest BCUT2D eigenvalue weighted by Crippen LogP contribution is -2.19. The molecule has 180 valence electrons. The van der Waals surface area contributed by atoms with Crippen LogP contribution in [0.3, 0.4) is 0 Å². The molecule has 0 aliphatic carbocycles. The Morgan fingerprint density at radius 2 is 1.76 bits per heavy atom. The highest BCUT2D eigenvalue weighted by Gasteiger charge is 2.33. The van der Waals surface area contributed by atoms with Crippen molar-refractivity contribution in [2.75, 3.05) is 14.2 Å². The van der Waals surface area contributed by atoms with Crippen molar-refractivity contribution in [2.24, 2.45) is 5.14 Å². The predicted molar refractivity (Wildman–Crippen MR) is 117 cm³/mol. The van der Waals surface area contributed by atoms with Crippen LogP contribution in [0.15, 0.2) is 48.5 Å². The van der Waals surface area contributed by atoms with Gasteiger partial charge in [0.1, 0.15) is 11.9 Å². The minimum atomic E-state index is -3.86. The normalized spacial score (nSPS) is 14.7. The van der Waals surface area contributed by atoms with E-state index in [1.807, 2.05) is 0 Å². The van der Waals surface area contributed by atoms with Crippen LogP contribution in [0.1, 0.15) is 22.8 Å². The molecule has 0 radical (unpaired) electrons. The van der Waals surface area contributed by atoms with E-state index in [1.165, 1.54) is 38.5 Å². The van der Waals surface area contributed by atoms with Gasteiger partial charge in [-0.25, -0.2) is 17.9 Å². The first kappa shape index (κ1) is 23.7. The van der Waals surface area contributed by atoms with Crippen molar-refractivity contribution in [3.8, 4) is 34.1 Å². The van der Waals surface area contributed by atoms with Crippen LogP contribution in [-0.2, 0) is 15.8 Å². The van der Waals surface area contributed by atoms with Crippen molar-refractivity contribution in [1.29, 1.82) is 0 Å². The van der Waals surface area contributed by atoms with Gasteiger partial charge in [0.25, 0.3) is 0 Å². The number of primary sulfonamides is 1. The van der Waals surface area contributed by atoms with E-state index < -0.39 is 40.1 Å². The molecule has 3 aromatic rings. The minimum Gasteiger partial charge on any atom is -0.493 e. The van der Waals surface area contributed by atoms with Crippen LogP contribution in [0.2, 0.25) is 0 Å². The number of hydrogen-bond donors (Lipinski definition) is 1. The summed E-state index contributed by atoms with van der Waals surface area (Å²) in [4.78, 5) is 0. The van der Waals surface area contributed by atoms with Gasteiger partial charge in [-0.2, -0.15) is 8.78 Å². The first-order valence-corrected chi connectivity index (χ1v) is 11.6. The van der Waals surface area contributed by atoms with E-state index in [0.29, 0.717) is 33.8 Å². The maximum Gasteiger partial charge on any atom is 0.387 e. The molecule has 1 unspecified atom stereocenters. The molecular formula is C23H20F3NO6S. The van der Waals surface area contributed by atoms with Crippen molar-refractivity contribution in [3.63, 3.8) is 0 Å². The summed E-state index contributed by atoms with van der Waals surface area (Å²) >= 11 is 0. The van der Waals surface area contributed by atoms with Crippen LogP contribution in [-0.4, -0.2) is 29.2 Å². The van der Waals surface area contributed by atoms with Gasteiger partial charge in [0.15, 0.2) is 23.1 Å². The number of hydrogen-bond acceptors (Lipinski definition) is 6. The van der Waals surface area contributed by atoms with Crippen molar-refractivity contribution in [3.05, 3.63) is 71.0 Å². The van der Waals surface area contributed by atoms with Crippen LogP contribution >= 0.6 is 0 Å². The van der Waals surface area contributed by atoms with E-state index >= 15 is 0 Å². The fraction of sp³-hybridized carbons (Fsp3) is 0.217. The molecule has 0 aromatic heterocycles. The summed E-state index contributed by atoms with van der Waals surface area (Å²) in [6, 6.07) is 11.8. The predicted octanol–water partition coefficient (Wildman–Crippen LogP) is 4.38. The Kier molecular flexibility index (Phi) is 6.32. The molecule has 4 rings (SSSR count). The molecule has 0 bridgehead atoms. The Labute approximate surface area is 193 Å². The zero-order valence-electron chi connectivity index (χ0n) is 18.0. The summed E-state index contributed by atoms with van der Waals surface area (Å²) in [5.41, 5.74) is 1.68. The van der Waals surface area contributed by atoms with Gasteiger partial charge < -0.3 is 18.9 Å². The number of fused-ring (bicyclic) bond motifs is 3. The van der Waals surface area contributed by atoms with E-state index in [4.69, 9.17) is 19.3 Å². The van der Waals surface area contributed by atoms with Crippen molar-refractivity contribution < 1.29 is 40.5 Å². The summed E-state index contributed by atoms with van der Waals surface area (Å²) in [5.74, 6) is -1.12. The molecule has 34 heavy (non-hydrogen) atoms. The number of alkyl halides is 2. The van der Waals surface area contributed by atoms with Gasteiger partial charge in [0.05, 0.1) is 25.5 Å². The van der Waals surface area contributed by atoms with Crippen molar-refractivity contribution in [1.82, 2.24) is 0 Å². The molecule has 7 nitrogen and oxygen atoms in total. The molecule has 0 spiro atoms. The van der Waals surface area contributed by atoms with Gasteiger partial charge in [-0.3, -0.25) is 0 Å². The molecule has 1 atom stereocenters. The summed E-state index contributed by atoms with van der Waals surface area (Å²) in [6.45, 7) is -3.27. The average molecular weight is 495 g/mol. The van der Waals surface area contributed by atoms with Crippen LogP contribution in [0.4, 0.5) is 13.2 Å². The second-order valence-corrected chi connectivity index (χ2v) is 9.08. The average Bonchev–Trinajstić information content (AvgIpc) is 2.78. The molecule has 1 aliphatic heterocycles. The minimum absolute atomic E-state index is 0.00539. The van der Waals surface area contributed by atoms with Gasteiger partial charge in [-0.1, -0.05) is 24.3 Å². The molecule has 3 aromatic carbocycles. The highest BCUT2D eigenvalue weighted by atomic mass is 32.2. The number of methoxy groups -OCH3 is 2. The smallest absolute Gasteiger partial charge is 0.387 e. The molecule has 2 N–H and O–H groups in total. The maximum atomic E-state index is 14.5. The van der Waals surface area contributed by atoms with Gasteiger partial charge in [-0.15, -0.1) is 0 Å². The lowest BCUT2D eigenvalue weighted by molar-refractivity contribution is -0.0519. The largest absolute Gasteiger partial charge is 0.493 e. The number of nitrogens with two attached hydrogens (primary N) is 1. The Hall–Kier alpha value is -3.44. The Balaban J connectivity index is 1.94. The van der Waals surface area contributed by atoms with E-state index in [-0.39, 0.29) is 11.3 Å². The second-order valence-electron chi connectivity index (χ2n) is 7.47. The number of sulfonamides is 1. The Morgan fingerprint density at radius 3 is 2.41 bits per heavy atom. The van der Waals surface area contributed by atoms with Crippen LogP contribution in [0.25, 0.3) is 11.1 Å². The van der Waals surface area contributed by atoms with E-state index in [9.17, 15) is 21.6 Å². The first-order valence-electron chi connectivity index (χ1n) is 9.91. The molecule has 1 heterocycles. The van der Waals surface area contributed by atoms with Crippen LogP contribution < -0.4 is 24.1 Å². The van der Waals surface area contributed by atoms with Crippen molar-refractivity contribution >= 4 is 10.0 Å². The summed E-state index contributed by atoms with van der Waals surface area (Å²) in [5, 5.41) is 5.19. The molecule has 0 amide bonds.